The molecule has 1 unspecified atom stereocenters. The van der Waals surface area contributed by atoms with Crippen molar-refractivity contribution in [2.75, 3.05) is 0 Å². The Balaban J connectivity index is 3.02. The Morgan fingerprint density at radius 1 is 1.45 bits per heavy atom. The van der Waals surface area contributed by atoms with Gasteiger partial charge in [-0.2, -0.15) is 0 Å². The smallest absolute Gasteiger partial charge is 0.0765 e. The van der Waals surface area contributed by atoms with Crippen molar-refractivity contribution in [1.82, 2.24) is 5.73 Å². The number of benzene rings is 1. The summed E-state index contributed by atoms with van der Waals surface area (Å²) < 4.78 is 0. The van der Waals surface area contributed by atoms with Crippen LogP contribution in [0.25, 0.3) is 0 Å². The second-order valence-electron chi connectivity index (χ2n) is 2.55. The molecule has 0 spiro atoms. The predicted molar refractivity (Wildman–Crippen MR) is 43.9 cm³/mol. The number of nitrogens with one attached hydrogen (secondary N) is 1. The Kier molecular flexibility index (Phi) is 2.63. The molecule has 0 bridgehead atoms. The maximum atomic E-state index is 9.25. The summed E-state index contributed by atoms with van der Waals surface area (Å²) in [5, 5.41) is 9.25. The van der Waals surface area contributed by atoms with E-state index >= 15 is 0 Å². The monoisotopic (exact) mass is 150 g/mol. The molecule has 2 heteroatoms. The Bertz CT molecular complexity index is 233. The zero-order valence-corrected chi connectivity index (χ0v) is 6.54. The highest BCUT2D eigenvalue weighted by Gasteiger charge is 2.04. The largest absolute Gasteiger partial charge is 0.389 e. The molecular formula is C9H12NO. The van der Waals surface area contributed by atoms with Crippen molar-refractivity contribution in [3.63, 3.8) is 0 Å². The van der Waals surface area contributed by atoms with Crippen LogP contribution in [0.1, 0.15) is 24.2 Å². The Labute approximate surface area is 66.7 Å². The van der Waals surface area contributed by atoms with Crippen molar-refractivity contribution < 1.29 is 5.11 Å². The lowest BCUT2D eigenvalue weighted by molar-refractivity contribution is 0.198. The van der Waals surface area contributed by atoms with Crippen molar-refractivity contribution >= 4 is 0 Å². The summed E-state index contributed by atoms with van der Waals surface area (Å²) in [6.07, 6.45) is -0.462. The van der Waals surface area contributed by atoms with E-state index < -0.39 is 6.10 Å². The van der Waals surface area contributed by atoms with Gasteiger partial charge >= 0.3 is 0 Å². The van der Waals surface area contributed by atoms with Crippen molar-refractivity contribution in [2.45, 2.75) is 19.6 Å². The highest BCUT2D eigenvalue weighted by molar-refractivity contribution is 5.28. The van der Waals surface area contributed by atoms with E-state index in [9.17, 15) is 5.11 Å². The molecule has 0 aliphatic heterocycles. The second kappa shape index (κ2) is 3.51. The zero-order chi connectivity index (χ0) is 8.27. The zero-order valence-electron chi connectivity index (χ0n) is 6.54. The lowest BCUT2D eigenvalue weighted by Gasteiger charge is -2.08. The third-order valence-corrected chi connectivity index (χ3v) is 1.70. The van der Waals surface area contributed by atoms with Crippen LogP contribution in [0.5, 0.6) is 0 Å². The van der Waals surface area contributed by atoms with Gasteiger partial charge in [0.15, 0.2) is 0 Å². The van der Waals surface area contributed by atoms with E-state index in [1.165, 1.54) is 0 Å². The van der Waals surface area contributed by atoms with Crippen LogP contribution in [0.2, 0.25) is 0 Å². The fourth-order valence-corrected chi connectivity index (χ4v) is 1.10. The topological polar surface area (TPSA) is 44.0 Å². The summed E-state index contributed by atoms with van der Waals surface area (Å²) in [6.45, 7) is 1.95. The SMILES string of the molecule is CC(O)c1ccccc1C[NH]. The third-order valence-electron chi connectivity index (χ3n) is 1.70. The molecule has 0 fully saturated rings. The summed E-state index contributed by atoms with van der Waals surface area (Å²) in [5.41, 5.74) is 8.94. The third kappa shape index (κ3) is 1.79. The van der Waals surface area contributed by atoms with Crippen molar-refractivity contribution in [3.8, 4) is 0 Å². The molecule has 1 rings (SSSR count). The summed E-state index contributed by atoms with van der Waals surface area (Å²) in [5.74, 6) is 0. The van der Waals surface area contributed by atoms with E-state index in [1.807, 2.05) is 24.3 Å². The van der Waals surface area contributed by atoms with Crippen molar-refractivity contribution in [3.05, 3.63) is 35.4 Å². The predicted octanol–water partition coefficient (Wildman–Crippen LogP) is 1.52. The van der Waals surface area contributed by atoms with Crippen LogP contribution in [0.4, 0.5) is 0 Å². The average Bonchev–Trinajstić information content (AvgIpc) is 2.04. The fraction of sp³-hybridized carbons (Fsp3) is 0.333. The molecule has 0 aliphatic rings. The molecule has 1 aromatic rings. The molecule has 1 atom stereocenters. The van der Waals surface area contributed by atoms with Crippen LogP contribution in [0, 0.1) is 0 Å². The Morgan fingerprint density at radius 2 is 2.09 bits per heavy atom. The molecule has 0 aromatic heterocycles. The summed E-state index contributed by atoms with van der Waals surface area (Å²) >= 11 is 0. The summed E-state index contributed by atoms with van der Waals surface area (Å²) in [6, 6.07) is 7.49. The van der Waals surface area contributed by atoms with Crippen molar-refractivity contribution in [2.24, 2.45) is 0 Å². The first kappa shape index (κ1) is 8.24. The maximum absolute atomic E-state index is 9.25. The number of hydrogen-bond acceptors (Lipinski definition) is 1. The maximum Gasteiger partial charge on any atom is 0.0765 e. The highest BCUT2D eigenvalue weighted by atomic mass is 16.3. The molecule has 11 heavy (non-hydrogen) atoms. The van der Waals surface area contributed by atoms with Gasteiger partial charge in [0.1, 0.15) is 0 Å². The molecule has 1 radical (unpaired) electrons. The van der Waals surface area contributed by atoms with Gasteiger partial charge < -0.3 is 5.11 Å². The van der Waals surface area contributed by atoms with Crippen LogP contribution in [0.3, 0.4) is 0 Å². The number of aliphatic hydroxyl groups excluding tert-OH is 1. The van der Waals surface area contributed by atoms with Gasteiger partial charge in [0, 0.05) is 6.54 Å². The van der Waals surface area contributed by atoms with E-state index in [-0.39, 0.29) is 6.54 Å². The minimum atomic E-state index is -0.462. The average molecular weight is 150 g/mol. The first-order valence-electron chi connectivity index (χ1n) is 3.66. The minimum absolute atomic E-state index is 0.237. The van der Waals surface area contributed by atoms with Gasteiger partial charge in [-0.05, 0) is 18.1 Å². The van der Waals surface area contributed by atoms with E-state index in [1.54, 1.807) is 6.92 Å². The highest BCUT2D eigenvalue weighted by Crippen LogP contribution is 2.16. The molecule has 59 valence electrons. The van der Waals surface area contributed by atoms with E-state index in [4.69, 9.17) is 5.73 Å². The lowest BCUT2D eigenvalue weighted by Crippen LogP contribution is -1.98. The lowest BCUT2D eigenvalue weighted by atomic mass is 10.0. The molecule has 2 nitrogen and oxygen atoms in total. The van der Waals surface area contributed by atoms with Gasteiger partial charge in [0.2, 0.25) is 0 Å². The molecule has 0 heterocycles. The Morgan fingerprint density at radius 3 is 2.55 bits per heavy atom. The molecule has 2 N–H and O–H groups in total. The van der Waals surface area contributed by atoms with Gasteiger partial charge in [0.05, 0.1) is 6.10 Å². The van der Waals surface area contributed by atoms with Crippen LogP contribution >= 0.6 is 0 Å². The number of hydrogen-bond donors (Lipinski definition) is 1. The molecule has 0 amide bonds. The van der Waals surface area contributed by atoms with Gasteiger partial charge in [-0.15, -0.1) is 0 Å². The van der Waals surface area contributed by atoms with Gasteiger partial charge in [-0.3, -0.25) is 5.73 Å². The first-order valence-corrected chi connectivity index (χ1v) is 3.66. The van der Waals surface area contributed by atoms with Crippen LogP contribution in [-0.4, -0.2) is 5.11 Å². The normalized spacial score (nSPS) is 13.0. The van der Waals surface area contributed by atoms with Gasteiger partial charge in [-0.1, -0.05) is 24.3 Å². The number of aliphatic hydroxyl groups is 1. The summed E-state index contributed by atoms with van der Waals surface area (Å²) in [7, 11) is 0. The second-order valence-corrected chi connectivity index (χ2v) is 2.55. The Hall–Kier alpha value is -0.860. The van der Waals surface area contributed by atoms with E-state index in [0.29, 0.717) is 0 Å². The van der Waals surface area contributed by atoms with E-state index in [0.717, 1.165) is 11.1 Å². The standard InChI is InChI=1S/C9H12NO/c1-7(11)9-5-3-2-4-8(9)6-10/h2-5,7,10-11H,6H2,1H3. The molecule has 1 aromatic carbocycles. The quantitative estimate of drug-likeness (QED) is 0.682. The molecular weight excluding hydrogens is 138 g/mol. The van der Waals surface area contributed by atoms with Crippen LogP contribution < -0.4 is 5.73 Å². The summed E-state index contributed by atoms with van der Waals surface area (Å²) in [4.78, 5) is 0. The fourth-order valence-electron chi connectivity index (χ4n) is 1.10. The van der Waals surface area contributed by atoms with E-state index in [2.05, 4.69) is 0 Å². The van der Waals surface area contributed by atoms with Gasteiger partial charge in [-0.25, -0.2) is 0 Å². The minimum Gasteiger partial charge on any atom is -0.389 e. The van der Waals surface area contributed by atoms with Gasteiger partial charge in [0.25, 0.3) is 0 Å². The molecule has 0 saturated heterocycles. The van der Waals surface area contributed by atoms with Crippen molar-refractivity contribution in [1.29, 1.82) is 0 Å². The molecule has 0 saturated carbocycles. The van der Waals surface area contributed by atoms with Crippen LogP contribution in [-0.2, 0) is 6.54 Å². The molecule has 0 aliphatic carbocycles. The number of rotatable bonds is 2. The first-order chi connectivity index (χ1) is 5.25. The van der Waals surface area contributed by atoms with Crippen LogP contribution in [0.15, 0.2) is 24.3 Å².